The normalized spacial score (nSPS) is 23.8. The van der Waals surface area contributed by atoms with E-state index in [0.717, 1.165) is 50.7 Å². The van der Waals surface area contributed by atoms with Crippen molar-refractivity contribution in [1.82, 2.24) is 26.3 Å². The van der Waals surface area contributed by atoms with Crippen LogP contribution in [0.5, 0.6) is 0 Å². The molecule has 1 aromatic heterocycles. The van der Waals surface area contributed by atoms with Crippen LogP contribution >= 0.6 is 20.2 Å². The SMILES string of the molecule is C[C@H]1CNCCNC[C@H](C)NCc2cccc(n2)CN1.[Cl][Mn][Cl]. The van der Waals surface area contributed by atoms with Crippen LogP contribution in [-0.2, 0) is 26.2 Å². The summed E-state index contributed by atoms with van der Waals surface area (Å²) in [4.78, 5) is 4.69. The van der Waals surface area contributed by atoms with Crippen molar-refractivity contribution in [3.05, 3.63) is 29.6 Å². The Kier molecular flexibility index (Phi) is 12.3. The third-order valence-electron chi connectivity index (χ3n) is 3.51. The third kappa shape index (κ3) is 10.5. The Hall–Kier alpha value is 0.0895. The van der Waals surface area contributed by atoms with E-state index in [0.29, 0.717) is 12.1 Å². The van der Waals surface area contributed by atoms with Crippen molar-refractivity contribution in [3.63, 3.8) is 0 Å². The molecule has 2 heterocycles. The summed E-state index contributed by atoms with van der Waals surface area (Å²) in [5.74, 6) is 0. The van der Waals surface area contributed by atoms with Gasteiger partial charge < -0.3 is 21.3 Å². The van der Waals surface area contributed by atoms with Gasteiger partial charge in [0.25, 0.3) is 0 Å². The molecule has 2 rings (SSSR count). The standard InChI is InChI=1S/C15H27N5.2ClH.Mn/c1-12-8-16-6-7-17-9-13(2)19-11-15-5-3-4-14(20-15)10-18-12;;;/h3-5,12-13,16-19H,6-11H2,1-2H3;2*1H;/q;;;+2/p-2/t12-,13-;;;/m0.../s1. The van der Waals surface area contributed by atoms with Gasteiger partial charge in [-0.3, -0.25) is 4.98 Å². The molecule has 1 aromatic rings. The average molecular weight is 403 g/mol. The third-order valence-corrected chi connectivity index (χ3v) is 3.51. The van der Waals surface area contributed by atoms with Gasteiger partial charge in [-0.15, -0.1) is 0 Å². The van der Waals surface area contributed by atoms with Crippen LogP contribution in [0.1, 0.15) is 25.2 Å². The first-order chi connectivity index (χ1) is 11.2. The number of pyridine rings is 1. The molecule has 4 N–H and O–H groups in total. The first-order valence-corrected chi connectivity index (χ1v) is 11.1. The summed E-state index contributed by atoms with van der Waals surface area (Å²) in [5.41, 5.74) is 2.22. The first-order valence-electron chi connectivity index (χ1n) is 7.85. The van der Waals surface area contributed by atoms with E-state index in [-0.39, 0.29) is 13.1 Å². The van der Waals surface area contributed by atoms with Crippen molar-refractivity contribution in [2.45, 2.75) is 39.0 Å². The number of hydrogen-bond acceptors (Lipinski definition) is 5. The minimum atomic E-state index is 0.00694. The zero-order chi connectivity index (χ0) is 16.9. The van der Waals surface area contributed by atoms with E-state index in [1.54, 1.807) is 0 Å². The molecule has 0 aliphatic carbocycles. The summed E-state index contributed by atoms with van der Waals surface area (Å²) in [6, 6.07) is 7.15. The molecule has 0 aromatic carbocycles. The van der Waals surface area contributed by atoms with E-state index in [1.807, 2.05) is 0 Å². The van der Waals surface area contributed by atoms with Gasteiger partial charge in [-0.1, -0.05) is 6.07 Å². The Morgan fingerprint density at radius 2 is 1.39 bits per heavy atom. The fraction of sp³-hybridized carbons (Fsp3) is 0.667. The van der Waals surface area contributed by atoms with E-state index in [2.05, 4.69) is 58.3 Å². The topological polar surface area (TPSA) is 61.0 Å². The molecule has 0 radical (unpaired) electrons. The average Bonchev–Trinajstić information content (AvgIpc) is 2.55. The number of nitrogens with one attached hydrogen (secondary N) is 4. The summed E-state index contributed by atoms with van der Waals surface area (Å²) in [5, 5.41) is 13.9. The Morgan fingerprint density at radius 1 is 0.957 bits per heavy atom. The van der Waals surface area contributed by atoms with Crippen molar-refractivity contribution >= 4 is 20.2 Å². The maximum atomic E-state index is 4.80. The second-order valence-electron chi connectivity index (χ2n) is 5.65. The number of nitrogens with zero attached hydrogens (tertiary/aromatic N) is 1. The van der Waals surface area contributed by atoms with Gasteiger partial charge in [0.2, 0.25) is 0 Å². The van der Waals surface area contributed by atoms with Crippen LogP contribution in [0.3, 0.4) is 0 Å². The van der Waals surface area contributed by atoms with E-state index >= 15 is 0 Å². The number of hydrogen-bond donors (Lipinski definition) is 4. The summed E-state index contributed by atoms with van der Waals surface area (Å²) in [7, 11) is 9.59. The molecule has 2 atom stereocenters. The van der Waals surface area contributed by atoms with Crippen molar-refractivity contribution in [2.24, 2.45) is 0 Å². The van der Waals surface area contributed by atoms with Gasteiger partial charge >= 0.3 is 33.3 Å². The molecular weight excluding hydrogens is 376 g/mol. The predicted molar refractivity (Wildman–Crippen MR) is 94.3 cm³/mol. The van der Waals surface area contributed by atoms with Crippen LogP contribution in [0.15, 0.2) is 18.2 Å². The van der Waals surface area contributed by atoms with E-state index in [1.165, 1.54) is 0 Å². The Balaban J connectivity index is 0.000000816. The van der Waals surface area contributed by atoms with E-state index in [4.69, 9.17) is 20.2 Å². The van der Waals surface area contributed by atoms with Crippen LogP contribution in [0.25, 0.3) is 0 Å². The number of aromatic nitrogens is 1. The second-order valence-corrected chi connectivity index (χ2v) is 7.60. The van der Waals surface area contributed by atoms with E-state index < -0.39 is 0 Å². The van der Waals surface area contributed by atoms with Gasteiger partial charge in [0, 0.05) is 51.4 Å². The van der Waals surface area contributed by atoms with Gasteiger partial charge in [-0.05, 0) is 26.0 Å². The molecular formula is C15H27Cl2MnN5. The van der Waals surface area contributed by atoms with Crippen LogP contribution in [0.4, 0.5) is 0 Å². The number of rotatable bonds is 0. The second kappa shape index (κ2) is 13.4. The quantitative estimate of drug-likeness (QED) is 0.496. The van der Waals surface area contributed by atoms with Crippen molar-refractivity contribution in [3.8, 4) is 0 Å². The zero-order valence-corrected chi connectivity index (χ0v) is 16.4. The van der Waals surface area contributed by atoms with Crippen LogP contribution in [0.2, 0.25) is 0 Å². The van der Waals surface area contributed by atoms with Gasteiger partial charge in [0.15, 0.2) is 0 Å². The molecule has 23 heavy (non-hydrogen) atoms. The molecule has 0 saturated heterocycles. The monoisotopic (exact) mass is 402 g/mol. The number of halogens is 2. The fourth-order valence-corrected chi connectivity index (χ4v) is 2.24. The Morgan fingerprint density at radius 3 is 1.83 bits per heavy atom. The van der Waals surface area contributed by atoms with Crippen LogP contribution < -0.4 is 21.3 Å². The molecule has 1 aliphatic heterocycles. The Bertz CT molecular complexity index is 391. The fourth-order valence-electron chi connectivity index (χ4n) is 2.24. The molecule has 0 unspecified atom stereocenters. The van der Waals surface area contributed by atoms with Crippen molar-refractivity contribution in [2.75, 3.05) is 26.2 Å². The van der Waals surface area contributed by atoms with Crippen LogP contribution in [-0.4, -0.2) is 43.2 Å². The molecule has 0 spiro atoms. The van der Waals surface area contributed by atoms with Gasteiger partial charge in [0.05, 0.1) is 11.4 Å². The predicted octanol–water partition coefficient (Wildman–Crippen LogP) is 1.61. The van der Waals surface area contributed by atoms with Gasteiger partial charge in [-0.2, -0.15) is 0 Å². The summed E-state index contributed by atoms with van der Waals surface area (Å²) in [6.45, 7) is 10.0. The summed E-state index contributed by atoms with van der Waals surface area (Å²) < 4.78 is 0. The summed E-state index contributed by atoms with van der Waals surface area (Å²) >= 11 is 0.00694. The molecule has 133 valence electrons. The molecule has 5 nitrogen and oxygen atoms in total. The maximum absolute atomic E-state index is 4.80. The molecule has 0 fully saturated rings. The molecule has 0 amide bonds. The summed E-state index contributed by atoms with van der Waals surface area (Å²) in [6.07, 6.45) is 0. The molecule has 0 saturated carbocycles. The number of fused-ring (bicyclic) bond motifs is 2. The van der Waals surface area contributed by atoms with E-state index in [9.17, 15) is 0 Å². The zero-order valence-electron chi connectivity index (χ0n) is 13.7. The molecule has 1 aliphatic rings. The molecule has 2 bridgehead atoms. The van der Waals surface area contributed by atoms with Gasteiger partial charge in [0.1, 0.15) is 0 Å². The minimum absolute atomic E-state index is 0.00694. The molecule has 8 heteroatoms. The van der Waals surface area contributed by atoms with Crippen molar-refractivity contribution < 1.29 is 13.1 Å². The van der Waals surface area contributed by atoms with Crippen LogP contribution in [0, 0.1) is 0 Å². The Labute approximate surface area is 154 Å². The first kappa shape index (κ1) is 21.1. The van der Waals surface area contributed by atoms with Gasteiger partial charge in [-0.25, -0.2) is 0 Å². The van der Waals surface area contributed by atoms with Crippen molar-refractivity contribution in [1.29, 1.82) is 0 Å².